The molecule has 7 heteroatoms. The van der Waals surface area contributed by atoms with E-state index in [4.69, 9.17) is 0 Å². The van der Waals surface area contributed by atoms with E-state index in [9.17, 15) is 8.42 Å². The third-order valence-corrected chi connectivity index (χ3v) is 5.30. The predicted molar refractivity (Wildman–Crippen MR) is 87.9 cm³/mol. The van der Waals surface area contributed by atoms with E-state index >= 15 is 0 Å². The Morgan fingerprint density at radius 3 is 2.68 bits per heavy atom. The lowest BCUT2D eigenvalue weighted by Gasteiger charge is -2.17. The molecule has 1 aromatic heterocycles. The molecule has 0 amide bonds. The number of anilines is 1. The largest absolute Gasteiger partial charge is 0.314 e. The molecule has 118 valence electrons. The third kappa shape index (κ3) is 3.06. The van der Waals surface area contributed by atoms with E-state index < -0.39 is 10.2 Å². The Labute approximate surface area is 130 Å². The average molecular weight is 320 g/mol. The van der Waals surface area contributed by atoms with E-state index in [2.05, 4.69) is 15.0 Å². The molecule has 2 heterocycles. The van der Waals surface area contributed by atoms with Crippen LogP contribution in [-0.2, 0) is 16.8 Å². The van der Waals surface area contributed by atoms with Crippen LogP contribution in [0, 0.1) is 0 Å². The molecule has 1 aromatic carbocycles. The molecule has 0 aliphatic carbocycles. The number of rotatable bonds is 5. The molecule has 1 aliphatic rings. The van der Waals surface area contributed by atoms with Gasteiger partial charge in [-0.15, -0.1) is 0 Å². The van der Waals surface area contributed by atoms with Crippen LogP contribution >= 0.6 is 0 Å². The molecule has 0 unspecified atom stereocenters. The van der Waals surface area contributed by atoms with Gasteiger partial charge in [-0.3, -0.25) is 4.72 Å². The quantitative estimate of drug-likeness (QED) is 0.879. The number of hydrogen-bond donors (Lipinski definition) is 2. The van der Waals surface area contributed by atoms with E-state index in [1.807, 2.05) is 31.3 Å². The van der Waals surface area contributed by atoms with Crippen LogP contribution in [0.3, 0.4) is 0 Å². The molecule has 1 saturated heterocycles. The fraction of sp³-hybridized carbons (Fsp3) is 0.400. The summed E-state index contributed by atoms with van der Waals surface area (Å²) in [4.78, 5) is 4.57. The van der Waals surface area contributed by atoms with Crippen molar-refractivity contribution in [2.75, 3.05) is 24.9 Å². The average Bonchev–Trinajstić information content (AvgIpc) is 3.03. The van der Waals surface area contributed by atoms with Gasteiger partial charge in [-0.1, -0.05) is 18.2 Å². The molecule has 0 atom stereocenters. The molecule has 1 aliphatic heterocycles. The zero-order valence-electron chi connectivity index (χ0n) is 12.5. The second-order valence-electron chi connectivity index (χ2n) is 5.42. The number of nitrogens with zero attached hydrogens (tertiary/aromatic N) is 2. The number of nitrogens with one attached hydrogen (secondary N) is 2. The zero-order chi connectivity index (χ0) is 15.6. The maximum absolute atomic E-state index is 12.4. The lowest BCUT2D eigenvalue weighted by Crippen LogP contribution is -2.33. The van der Waals surface area contributed by atoms with Crippen LogP contribution in [-0.4, -0.2) is 37.8 Å². The van der Waals surface area contributed by atoms with Crippen molar-refractivity contribution in [2.45, 2.75) is 19.4 Å². The normalized spacial score (nSPS) is 16.2. The monoisotopic (exact) mass is 320 g/mol. The Balaban J connectivity index is 1.97. The first-order valence-corrected chi connectivity index (χ1v) is 8.85. The summed E-state index contributed by atoms with van der Waals surface area (Å²) in [5, 5.41) is 3.97. The van der Waals surface area contributed by atoms with Gasteiger partial charge in [0.2, 0.25) is 0 Å². The van der Waals surface area contributed by atoms with Gasteiger partial charge in [-0.25, -0.2) is 4.98 Å². The van der Waals surface area contributed by atoms with Crippen molar-refractivity contribution in [1.82, 2.24) is 14.6 Å². The molecule has 0 spiro atoms. The summed E-state index contributed by atoms with van der Waals surface area (Å²) >= 11 is 0. The van der Waals surface area contributed by atoms with Gasteiger partial charge < -0.3 is 5.32 Å². The number of para-hydroxylation sites is 1. The van der Waals surface area contributed by atoms with Gasteiger partial charge in [0.1, 0.15) is 0 Å². The maximum Gasteiger partial charge on any atom is 0.301 e. The SMILES string of the molecule is CNCc1ccc2cccc(NS(=O)(=O)N3CCCC3)c2n1. The first kappa shape index (κ1) is 15.2. The van der Waals surface area contributed by atoms with Crippen molar-refractivity contribution in [3.05, 3.63) is 36.0 Å². The molecular formula is C15H20N4O2S. The van der Waals surface area contributed by atoms with Gasteiger partial charge in [0.25, 0.3) is 0 Å². The Morgan fingerprint density at radius 2 is 1.95 bits per heavy atom. The molecule has 2 N–H and O–H groups in total. The molecule has 0 radical (unpaired) electrons. The Bertz CT molecular complexity index is 770. The van der Waals surface area contributed by atoms with Crippen molar-refractivity contribution < 1.29 is 8.42 Å². The number of hydrogen-bond acceptors (Lipinski definition) is 4. The summed E-state index contributed by atoms with van der Waals surface area (Å²) in [6.45, 7) is 1.81. The van der Waals surface area contributed by atoms with Crippen molar-refractivity contribution in [3.8, 4) is 0 Å². The zero-order valence-corrected chi connectivity index (χ0v) is 13.4. The Kier molecular flexibility index (Phi) is 4.28. The van der Waals surface area contributed by atoms with E-state index in [1.165, 1.54) is 4.31 Å². The van der Waals surface area contributed by atoms with E-state index in [-0.39, 0.29) is 0 Å². The molecular weight excluding hydrogens is 300 g/mol. The number of pyridine rings is 1. The Morgan fingerprint density at radius 1 is 1.18 bits per heavy atom. The first-order valence-electron chi connectivity index (χ1n) is 7.41. The van der Waals surface area contributed by atoms with Crippen LogP contribution in [0.5, 0.6) is 0 Å². The van der Waals surface area contributed by atoms with Crippen molar-refractivity contribution >= 4 is 26.8 Å². The second-order valence-corrected chi connectivity index (χ2v) is 7.09. The maximum atomic E-state index is 12.4. The molecule has 2 aromatic rings. The Hall–Kier alpha value is -1.70. The second kappa shape index (κ2) is 6.20. The van der Waals surface area contributed by atoms with Crippen molar-refractivity contribution in [1.29, 1.82) is 0 Å². The minimum absolute atomic E-state index is 0.530. The van der Waals surface area contributed by atoms with Crippen LogP contribution in [0.1, 0.15) is 18.5 Å². The molecule has 6 nitrogen and oxygen atoms in total. The van der Waals surface area contributed by atoms with Crippen LogP contribution in [0.2, 0.25) is 0 Å². The number of benzene rings is 1. The van der Waals surface area contributed by atoms with Crippen molar-refractivity contribution in [2.24, 2.45) is 0 Å². The summed E-state index contributed by atoms with van der Waals surface area (Å²) in [5.41, 5.74) is 2.09. The van der Waals surface area contributed by atoms with E-state index in [0.29, 0.717) is 30.8 Å². The summed E-state index contributed by atoms with van der Waals surface area (Å²) in [6, 6.07) is 9.43. The van der Waals surface area contributed by atoms with E-state index in [0.717, 1.165) is 23.9 Å². The first-order chi connectivity index (χ1) is 10.6. The van der Waals surface area contributed by atoms with Gasteiger partial charge in [0.05, 0.1) is 16.9 Å². The topological polar surface area (TPSA) is 74.3 Å². The van der Waals surface area contributed by atoms with Crippen molar-refractivity contribution in [3.63, 3.8) is 0 Å². The smallest absolute Gasteiger partial charge is 0.301 e. The minimum Gasteiger partial charge on any atom is -0.314 e. The summed E-state index contributed by atoms with van der Waals surface area (Å²) < 4.78 is 29.0. The van der Waals surface area contributed by atoms with Gasteiger partial charge in [-0.2, -0.15) is 12.7 Å². The molecule has 3 rings (SSSR count). The number of fused-ring (bicyclic) bond motifs is 1. The van der Waals surface area contributed by atoms with Crippen LogP contribution in [0.15, 0.2) is 30.3 Å². The predicted octanol–water partition coefficient (Wildman–Crippen LogP) is 1.71. The molecule has 0 saturated carbocycles. The highest BCUT2D eigenvalue weighted by atomic mass is 32.2. The van der Waals surface area contributed by atoms with Crippen LogP contribution < -0.4 is 10.0 Å². The fourth-order valence-electron chi connectivity index (χ4n) is 2.68. The highest BCUT2D eigenvalue weighted by molar-refractivity contribution is 7.90. The standard InChI is InChI=1S/C15H20N4O2S/c1-16-11-13-8-7-12-5-4-6-14(15(12)17-13)18-22(20,21)19-9-2-3-10-19/h4-8,16,18H,2-3,9-11H2,1H3. The molecule has 0 bridgehead atoms. The highest BCUT2D eigenvalue weighted by Gasteiger charge is 2.25. The minimum atomic E-state index is -3.50. The number of aromatic nitrogens is 1. The third-order valence-electron chi connectivity index (χ3n) is 3.78. The lowest BCUT2D eigenvalue weighted by molar-refractivity contribution is 0.482. The molecule has 22 heavy (non-hydrogen) atoms. The summed E-state index contributed by atoms with van der Waals surface area (Å²) in [7, 11) is -1.65. The molecule has 1 fully saturated rings. The van der Waals surface area contributed by atoms with Gasteiger partial charge in [0.15, 0.2) is 0 Å². The van der Waals surface area contributed by atoms with E-state index in [1.54, 1.807) is 6.07 Å². The van der Waals surface area contributed by atoms with Crippen LogP contribution in [0.4, 0.5) is 5.69 Å². The highest BCUT2D eigenvalue weighted by Crippen LogP contribution is 2.24. The summed E-state index contributed by atoms with van der Waals surface area (Å²) in [6.07, 6.45) is 1.84. The summed E-state index contributed by atoms with van der Waals surface area (Å²) in [5.74, 6) is 0. The van der Waals surface area contributed by atoms with Gasteiger partial charge >= 0.3 is 10.2 Å². The fourth-order valence-corrected chi connectivity index (χ4v) is 3.99. The van der Waals surface area contributed by atoms with Gasteiger partial charge in [0, 0.05) is 25.0 Å². The lowest BCUT2D eigenvalue weighted by atomic mass is 10.2. The van der Waals surface area contributed by atoms with Gasteiger partial charge in [-0.05, 0) is 32.0 Å². The van der Waals surface area contributed by atoms with Crippen LogP contribution in [0.25, 0.3) is 10.9 Å².